The molecule has 0 atom stereocenters. The van der Waals surface area contributed by atoms with Crippen LogP contribution in [0.3, 0.4) is 0 Å². The number of aryl methyl sites for hydroxylation is 1. The molecule has 8 nitrogen and oxygen atoms in total. The van der Waals surface area contributed by atoms with Crippen molar-refractivity contribution in [2.24, 2.45) is 0 Å². The molecule has 0 bridgehead atoms. The number of benzene rings is 1. The van der Waals surface area contributed by atoms with Crippen LogP contribution in [0, 0.1) is 36.5 Å². The van der Waals surface area contributed by atoms with Gasteiger partial charge in [0.05, 0.1) is 42.1 Å². The highest BCUT2D eigenvalue weighted by molar-refractivity contribution is 5.93. The van der Waals surface area contributed by atoms with Gasteiger partial charge in [-0.05, 0) is 26.0 Å². The first-order valence-electron chi connectivity index (χ1n) is 8.80. The fraction of sp³-hybridized carbons (Fsp3) is 0.350. The van der Waals surface area contributed by atoms with Gasteiger partial charge in [-0.15, -0.1) is 0 Å². The quantitative estimate of drug-likeness (QED) is 0.651. The molecule has 1 aromatic heterocycles. The molecule has 0 aliphatic heterocycles. The number of hydrogen-bond donors (Lipinski definition) is 0. The van der Waals surface area contributed by atoms with Gasteiger partial charge in [0.25, 0.3) is 5.91 Å². The number of carbonyl (C=O) groups excluding carboxylic acids is 2. The Balaban J connectivity index is 2.09. The van der Waals surface area contributed by atoms with E-state index in [-0.39, 0.29) is 25.9 Å². The normalized spacial score (nSPS) is 10.0. The van der Waals surface area contributed by atoms with E-state index in [1.807, 2.05) is 42.5 Å². The van der Waals surface area contributed by atoms with Gasteiger partial charge in [-0.25, -0.2) is 9.48 Å². The van der Waals surface area contributed by atoms with Crippen LogP contribution in [0.25, 0.3) is 5.69 Å². The molecule has 0 aliphatic carbocycles. The van der Waals surface area contributed by atoms with E-state index >= 15 is 0 Å². The smallest absolute Gasteiger partial charge is 0.342 e. The van der Waals surface area contributed by atoms with Crippen LogP contribution in [0.5, 0.6) is 0 Å². The van der Waals surface area contributed by atoms with E-state index in [9.17, 15) is 9.59 Å². The van der Waals surface area contributed by atoms with E-state index in [1.165, 1.54) is 4.90 Å². The van der Waals surface area contributed by atoms with Crippen molar-refractivity contribution in [3.8, 4) is 17.8 Å². The van der Waals surface area contributed by atoms with Crippen molar-refractivity contribution in [2.45, 2.75) is 26.7 Å². The molecule has 0 spiro atoms. The first-order valence-corrected chi connectivity index (χ1v) is 8.80. The Labute approximate surface area is 163 Å². The second-order valence-corrected chi connectivity index (χ2v) is 6.07. The van der Waals surface area contributed by atoms with E-state index in [2.05, 4.69) is 5.10 Å². The summed E-state index contributed by atoms with van der Waals surface area (Å²) in [7, 11) is 0. The number of aromatic nitrogens is 2. The molecule has 0 saturated heterocycles. The summed E-state index contributed by atoms with van der Waals surface area (Å²) in [5.41, 5.74) is 2.26. The third-order valence-electron chi connectivity index (χ3n) is 4.16. The van der Waals surface area contributed by atoms with Crippen LogP contribution in [0.1, 0.15) is 34.6 Å². The van der Waals surface area contributed by atoms with E-state index in [0.717, 1.165) is 5.69 Å². The van der Waals surface area contributed by atoms with Gasteiger partial charge < -0.3 is 9.64 Å². The van der Waals surface area contributed by atoms with Crippen molar-refractivity contribution in [2.75, 3.05) is 19.7 Å². The summed E-state index contributed by atoms with van der Waals surface area (Å²) in [6.07, 6.45) is 0.292. The number of rotatable bonds is 8. The van der Waals surface area contributed by atoms with Crippen LogP contribution in [0.4, 0.5) is 0 Å². The lowest BCUT2D eigenvalue weighted by Gasteiger charge is -2.20. The summed E-state index contributed by atoms with van der Waals surface area (Å²) in [6, 6.07) is 13.3. The summed E-state index contributed by atoms with van der Waals surface area (Å²) >= 11 is 0. The maximum Gasteiger partial charge on any atom is 0.342 e. The summed E-state index contributed by atoms with van der Waals surface area (Å²) < 4.78 is 6.85. The predicted molar refractivity (Wildman–Crippen MR) is 100 cm³/mol. The Morgan fingerprint density at radius 1 is 1.11 bits per heavy atom. The second-order valence-electron chi connectivity index (χ2n) is 6.07. The van der Waals surface area contributed by atoms with Crippen LogP contribution in [0.2, 0.25) is 0 Å². The van der Waals surface area contributed by atoms with Gasteiger partial charge in [0, 0.05) is 13.1 Å². The van der Waals surface area contributed by atoms with E-state index in [1.54, 1.807) is 18.5 Å². The maximum absolute atomic E-state index is 12.5. The van der Waals surface area contributed by atoms with Gasteiger partial charge in [0.15, 0.2) is 6.61 Å². The number of hydrogen-bond acceptors (Lipinski definition) is 6. The maximum atomic E-state index is 12.5. The van der Waals surface area contributed by atoms with E-state index in [4.69, 9.17) is 15.3 Å². The third-order valence-corrected chi connectivity index (χ3v) is 4.16. The van der Waals surface area contributed by atoms with Crippen molar-refractivity contribution in [1.29, 1.82) is 10.5 Å². The first-order chi connectivity index (χ1) is 13.5. The monoisotopic (exact) mass is 379 g/mol. The van der Waals surface area contributed by atoms with Gasteiger partial charge in [0.1, 0.15) is 5.56 Å². The molecule has 1 amide bonds. The van der Waals surface area contributed by atoms with Gasteiger partial charge in [-0.2, -0.15) is 15.6 Å². The molecule has 28 heavy (non-hydrogen) atoms. The van der Waals surface area contributed by atoms with Gasteiger partial charge in [-0.1, -0.05) is 18.2 Å². The first kappa shape index (κ1) is 20.7. The Hall–Kier alpha value is -3.65. The van der Waals surface area contributed by atoms with Gasteiger partial charge in [-0.3, -0.25) is 4.79 Å². The Kier molecular flexibility index (Phi) is 7.29. The van der Waals surface area contributed by atoms with E-state index < -0.39 is 18.5 Å². The standard InChI is InChI=1S/C20H21N5O3/c1-15-19(16(2)25(23-15)17-8-4-3-5-9-17)20(27)28-14-18(26)24(12-6-10-21)13-7-11-22/h3-5,8-9H,6-7,12-14H2,1-2H3. The predicted octanol–water partition coefficient (Wildman–Crippen LogP) is 2.30. The molecular formula is C20H21N5O3. The lowest BCUT2D eigenvalue weighted by atomic mass is 10.2. The molecule has 8 heteroatoms. The second kappa shape index (κ2) is 9.89. The average molecular weight is 379 g/mol. The van der Waals surface area contributed by atoms with Crippen LogP contribution in [0.15, 0.2) is 30.3 Å². The summed E-state index contributed by atoms with van der Waals surface area (Å²) in [5, 5.41) is 21.8. The summed E-state index contributed by atoms with van der Waals surface area (Å²) in [4.78, 5) is 26.2. The van der Waals surface area contributed by atoms with Crippen molar-refractivity contribution in [3.63, 3.8) is 0 Å². The Morgan fingerprint density at radius 2 is 1.71 bits per heavy atom. The number of nitrogens with zero attached hydrogens (tertiary/aromatic N) is 5. The van der Waals surface area contributed by atoms with E-state index in [0.29, 0.717) is 17.0 Å². The zero-order valence-electron chi connectivity index (χ0n) is 15.9. The molecule has 0 saturated carbocycles. The largest absolute Gasteiger partial charge is 0.452 e. The van der Waals surface area contributed by atoms with Crippen molar-refractivity contribution < 1.29 is 14.3 Å². The number of ether oxygens (including phenoxy) is 1. The van der Waals surface area contributed by atoms with Gasteiger partial charge in [0.2, 0.25) is 0 Å². The highest BCUT2D eigenvalue weighted by atomic mass is 16.5. The minimum atomic E-state index is -0.633. The number of nitriles is 2. The van der Waals surface area contributed by atoms with Crippen LogP contribution < -0.4 is 0 Å². The molecule has 0 unspecified atom stereocenters. The van der Waals surface area contributed by atoms with Crippen LogP contribution in [-0.4, -0.2) is 46.3 Å². The zero-order chi connectivity index (χ0) is 20.5. The molecule has 0 N–H and O–H groups in total. The lowest BCUT2D eigenvalue weighted by Crippen LogP contribution is -2.36. The third kappa shape index (κ3) is 4.95. The highest BCUT2D eigenvalue weighted by Crippen LogP contribution is 2.18. The summed E-state index contributed by atoms with van der Waals surface area (Å²) in [6.45, 7) is 3.40. The number of amides is 1. The Bertz CT molecular complexity index is 904. The SMILES string of the molecule is Cc1nn(-c2ccccc2)c(C)c1C(=O)OCC(=O)N(CCC#N)CCC#N. The van der Waals surface area contributed by atoms with Crippen molar-refractivity contribution in [3.05, 3.63) is 47.3 Å². The highest BCUT2D eigenvalue weighted by Gasteiger charge is 2.22. The molecule has 2 rings (SSSR count). The molecule has 144 valence electrons. The van der Waals surface area contributed by atoms with Crippen molar-refractivity contribution >= 4 is 11.9 Å². The zero-order valence-corrected chi connectivity index (χ0v) is 15.9. The number of para-hydroxylation sites is 1. The lowest BCUT2D eigenvalue weighted by molar-refractivity contribution is -0.134. The topological polar surface area (TPSA) is 112 Å². The molecule has 2 aromatic rings. The fourth-order valence-electron chi connectivity index (χ4n) is 2.78. The van der Waals surface area contributed by atoms with Gasteiger partial charge >= 0.3 is 5.97 Å². The van der Waals surface area contributed by atoms with Crippen molar-refractivity contribution in [1.82, 2.24) is 14.7 Å². The number of carbonyl (C=O) groups is 2. The summed E-state index contributed by atoms with van der Waals surface area (Å²) in [5.74, 6) is -1.07. The van der Waals surface area contributed by atoms with Crippen LogP contribution in [-0.2, 0) is 9.53 Å². The molecule has 1 aromatic carbocycles. The molecule has 0 aliphatic rings. The Morgan fingerprint density at radius 3 is 2.29 bits per heavy atom. The molecule has 0 fully saturated rings. The molecule has 0 radical (unpaired) electrons. The van der Waals surface area contributed by atoms with Crippen LogP contribution >= 0.6 is 0 Å². The fourth-order valence-corrected chi connectivity index (χ4v) is 2.78. The minimum Gasteiger partial charge on any atom is -0.452 e. The molecule has 1 heterocycles. The average Bonchev–Trinajstić information content (AvgIpc) is 3.01. The number of esters is 1. The minimum absolute atomic E-state index is 0.146. The molecular weight excluding hydrogens is 358 g/mol.